The first kappa shape index (κ1) is 19.5. The van der Waals surface area contributed by atoms with Crippen LogP contribution < -0.4 is 5.14 Å². The van der Waals surface area contributed by atoms with Crippen molar-refractivity contribution in [3.8, 4) is 0 Å². The van der Waals surface area contributed by atoms with E-state index >= 15 is 0 Å². The van der Waals surface area contributed by atoms with E-state index in [0.717, 1.165) is 18.4 Å². The molecule has 1 aromatic heterocycles. The van der Waals surface area contributed by atoms with Gasteiger partial charge in [0.25, 0.3) is 5.91 Å². The fourth-order valence-electron chi connectivity index (χ4n) is 3.75. The van der Waals surface area contributed by atoms with Gasteiger partial charge in [0.2, 0.25) is 10.0 Å². The molecule has 1 saturated carbocycles. The lowest BCUT2D eigenvalue weighted by molar-refractivity contribution is 0.0650. The van der Waals surface area contributed by atoms with Crippen molar-refractivity contribution in [1.82, 2.24) is 9.88 Å². The highest BCUT2D eigenvalue weighted by atomic mass is 32.2. The van der Waals surface area contributed by atoms with Crippen molar-refractivity contribution in [2.24, 2.45) is 11.1 Å². The third-order valence-corrected chi connectivity index (χ3v) is 6.50. The van der Waals surface area contributed by atoms with Crippen LogP contribution in [0.25, 0.3) is 10.8 Å². The third-order valence-electron chi connectivity index (χ3n) is 5.53. The zero-order chi connectivity index (χ0) is 20.6. The average molecular weight is 410 g/mol. The fourth-order valence-corrected chi connectivity index (χ4v) is 4.50. The summed E-state index contributed by atoms with van der Waals surface area (Å²) in [6.45, 7) is 2.55. The molecule has 0 aliphatic heterocycles. The second kappa shape index (κ2) is 7.57. The molecule has 0 saturated heterocycles. The Labute approximate surface area is 170 Å². The standard InChI is InChI=1S/C22H23N3O3S/c1-15(17-10-11-17)25(14-16-6-3-2-4-7-16)22(26)21-19-8-5-9-20(29(23,27)28)18(19)12-13-24-21/h2-9,12-13,15,17H,10-11,14H2,1H3,(H2,23,27,28). The molecule has 6 nitrogen and oxygen atoms in total. The molecular formula is C22H23N3O3S. The molecular weight excluding hydrogens is 386 g/mol. The number of benzene rings is 2. The minimum Gasteiger partial charge on any atom is -0.330 e. The van der Waals surface area contributed by atoms with Crippen molar-refractivity contribution in [3.63, 3.8) is 0 Å². The summed E-state index contributed by atoms with van der Waals surface area (Å²) in [5.74, 6) is 0.281. The van der Waals surface area contributed by atoms with Crippen LogP contribution >= 0.6 is 0 Å². The second-order valence-corrected chi connectivity index (χ2v) is 9.08. The molecule has 3 aromatic rings. The van der Waals surface area contributed by atoms with E-state index in [4.69, 9.17) is 5.14 Å². The Kier molecular flexibility index (Phi) is 5.10. The number of sulfonamides is 1. The zero-order valence-corrected chi connectivity index (χ0v) is 17.0. The summed E-state index contributed by atoms with van der Waals surface area (Å²) in [5, 5.41) is 6.26. The normalized spacial score (nSPS) is 15.2. The van der Waals surface area contributed by atoms with Crippen LogP contribution in [-0.4, -0.2) is 30.3 Å². The van der Waals surface area contributed by atoms with E-state index in [-0.39, 0.29) is 22.5 Å². The number of nitrogens with two attached hydrogens (primary N) is 1. The van der Waals surface area contributed by atoms with E-state index in [1.165, 1.54) is 12.3 Å². The Morgan fingerprint density at radius 3 is 2.48 bits per heavy atom. The van der Waals surface area contributed by atoms with E-state index in [1.807, 2.05) is 35.2 Å². The Morgan fingerprint density at radius 1 is 1.10 bits per heavy atom. The smallest absolute Gasteiger partial charge is 0.273 e. The quantitative estimate of drug-likeness (QED) is 0.676. The summed E-state index contributed by atoms with van der Waals surface area (Å²) in [7, 11) is -3.91. The number of hydrogen-bond acceptors (Lipinski definition) is 4. The number of primary sulfonamides is 1. The Hall–Kier alpha value is -2.77. The number of carbonyl (C=O) groups excluding carboxylic acids is 1. The predicted octanol–water partition coefficient (Wildman–Crippen LogP) is 3.32. The van der Waals surface area contributed by atoms with Gasteiger partial charge in [0, 0.05) is 29.6 Å². The molecule has 1 atom stereocenters. The van der Waals surface area contributed by atoms with Gasteiger partial charge in [0.05, 0.1) is 4.90 Å². The Morgan fingerprint density at radius 2 is 1.83 bits per heavy atom. The predicted molar refractivity (Wildman–Crippen MR) is 112 cm³/mol. The SMILES string of the molecule is CC(C1CC1)N(Cc1ccccc1)C(=O)c1nccc2c(S(N)(=O)=O)cccc12. The maximum Gasteiger partial charge on any atom is 0.273 e. The molecule has 1 fully saturated rings. The number of aromatic nitrogens is 1. The molecule has 1 unspecified atom stereocenters. The molecule has 2 N–H and O–H groups in total. The first-order chi connectivity index (χ1) is 13.9. The second-order valence-electron chi connectivity index (χ2n) is 7.55. The van der Waals surface area contributed by atoms with Crippen molar-refractivity contribution in [3.05, 3.63) is 72.1 Å². The van der Waals surface area contributed by atoms with E-state index in [0.29, 0.717) is 23.2 Å². The maximum atomic E-state index is 13.6. The highest BCUT2D eigenvalue weighted by molar-refractivity contribution is 7.89. The van der Waals surface area contributed by atoms with Gasteiger partial charge in [-0.15, -0.1) is 0 Å². The number of hydrogen-bond donors (Lipinski definition) is 1. The summed E-state index contributed by atoms with van der Waals surface area (Å²) in [5.41, 5.74) is 1.29. The number of fused-ring (bicyclic) bond motifs is 1. The lowest BCUT2D eigenvalue weighted by Gasteiger charge is -2.29. The molecule has 29 heavy (non-hydrogen) atoms. The van der Waals surface area contributed by atoms with Gasteiger partial charge in [-0.05, 0) is 43.4 Å². The first-order valence-corrected chi connectivity index (χ1v) is 11.2. The van der Waals surface area contributed by atoms with Gasteiger partial charge in [-0.3, -0.25) is 9.78 Å². The van der Waals surface area contributed by atoms with Crippen LogP contribution in [0.2, 0.25) is 0 Å². The van der Waals surface area contributed by atoms with Crippen LogP contribution in [-0.2, 0) is 16.6 Å². The topological polar surface area (TPSA) is 93.4 Å². The minimum atomic E-state index is -3.91. The molecule has 0 bridgehead atoms. The first-order valence-electron chi connectivity index (χ1n) is 9.61. The molecule has 150 valence electrons. The van der Waals surface area contributed by atoms with Gasteiger partial charge >= 0.3 is 0 Å². The van der Waals surface area contributed by atoms with E-state index in [2.05, 4.69) is 11.9 Å². The molecule has 4 rings (SSSR count). The maximum absolute atomic E-state index is 13.6. The zero-order valence-electron chi connectivity index (χ0n) is 16.2. The highest BCUT2D eigenvalue weighted by Crippen LogP contribution is 2.36. The van der Waals surface area contributed by atoms with Gasteiger partial charge in [-0.2, -0.15) is 0 Å². The van der Waals surface area contributed by atoms with Crippen LogP contribution in [0.15, 0.2) is 65.7 Å². The summed E-state index contributed by atoms with van der Waals surface area (Å²) in [6, 6.07) is 16.2. The monoisotopic (exact) mass is 409 g/mol. The van der Waals surface area contributed by atoms with Gasteiger partial charge in [0.15, 0.2) is 0 Å². The van der Waals surface area contributed by atoms with Crippen molar-refractivity contribution in [2.45, 2.75) is 37.2 Å². The van der Waals surface area contributed by atoms with Crippen molar-refractivity contribution < 1.29 is 13.2 Å². The molecule has 7 heteroatoms. The number of carbonyl (C=O) groups is 1. The van der Waals surface area contributed by atoms with Gasteiger partial charge < -0.3 is 4.90 Å². The summed E-state index contributed by atoms with van der Waals surface area (Å²) in [4.78, 5) is 19.8. The lowest BCUT2D eigenvalue weighted by Crippen LogP contribution is -2.39. The number of rotatable bonds is 6. The summed E-state index contributed by atoms with van der Waals surface area (Å²) < 4.78 is 23.9. The van der Waals surface area contributed by atoms with E-state index in [9.17, 15) is 13.2 Å². The van der Waals surface area contributed by atoms with Gasteiger partial charge in [-0.25, -0.2) is 13.6 Å². The molecule has 1 amide bonds. The Bertz CT molecular complexity index is 1160. The molecule has 1 aliphatic carbocycles. The number of nitrogens with zero attached hydrogens (tertiary/aromatic N) is 2. The van der Waals surface area contributed by atoms with Crippen LogP contribution in [0.1, 0.15) is 35.8 Å². The van der Waals surface area contributed by atoms with Crippen LogP contribution in [0.3, 0.4) is 0 Å². The summed E-state index contributed by atoms with van der Waals surface area (Å²) >= 11 is 0. The molecule has 0 radical (unpaired) electrons. The molecule has 1 heterocycles. The van der Waals surface area contributed by atoms with Crippen molar-refractivity contribution in [1.29, 1.82) is 0 Å². The van der Waals surface area contributed by atoms with Crippen LogP contribution in [0.4, 0.5) is 0 Å². The molecule has 1 aliphatic rings. The third kappa shape index (κ3) is 4.02. The average Bonchev–Trinajstić information content (AvgIpc) is 3.55. The summed E-state index contributed by atoms with van der Waals surface area (Å²) in [6.07, 6.45) is 3.68. The van der Waals surface area contributed by atoms with E-state index in [1.54, 1.807) is 18.2 Å². The largest absolute Gasteiger partial charge is 0.330 e. The molecule has 2 aromatic carbocycles. The number of amides is 1. The fraction of sp³-hybridized carbons (Fsp3) is 0.273. The lowest BCUT2D eigenvalue weighted by atomic mass is 10.1. The van der Waals surface area contributed by atoms with Crippen LogP contribution in [0.5, 0.6) is 0 Å². The van der Waals surface area contributed by atoms with Crippen molar-refractivity contribution in [2.75, 3.05) is 0 Å². The highest BCUT2D eigenvalue weighted by Gasteiger charge is 2.35. The van der Waals surface area contributed by atoms with E-state index < -0.39 is 10.0 Å². The van der Waals surface area contributed by atoms with Gasteiger partial charge in [0.1, 0.15) is 5.69 Å². The number of pyridine rings is 1. The minimum absolute atomic E-state index is 0.00343. The Balaban J connectivity index is 1.79. The molecule has 0 spiro atoms. The van der Waals surface area contributed by atoms with Crippen molar-refractivity contribution >= 4 is 26.7 Å². The van der Waals surface area contributed by atoms with Crippen LogP contribution in [0, 0.1) is 5.92 Å². The van der Waals surface area contributed by atoms with Gasteiger partial charge in [-0.1, -0.05) is 42.5 Å².